The topological polar surface area (TPSA) is 168 Å². The molecule has 2 aromatic rings. The van der Waals surface area contributed by atoms with E-state index in [0.29, 0.717) is 22.6 Å². The number of rotatable bonds is 4. The molecular weight excluding hydrogens is 448 g/mol. The Hall–Kier alpha value is -3.14. The third kappa shape index (κ3) is 6.01. The molecule has 0 spiro atoms. The van der Waals surface area contributed by atoms with Crippen LogP contribution in [-0.2, 0) is 27.2 Å². The van der Waals surface area contributed by atoms with Crippen molar-refractivity contribution in [1.82, 2.24) is 10.6 Å². The molecule has 9 nitrogen and oxygen atoms in total. The van der Waals surface area contributed by atoms with Gasteiger partial charge in [-0.1, -0.05) is 23.7 Å². The van der Waals surface area contributed by atoms with Crippen molar-refractivity contribution >= 4 is 29.4 Å². The number of phenols is 1. The molecular formula is C23H27ClN4O5. The number of amides is 2. The minimum atomic E-state index is -1.27. The summed E-state index contributed by atoms with van der Waals surface area (Å²) in [5.74, 6) is -2.49. The Morgan fingerprint density at radius 2 is 1.70 bits per heavy atom. The zero-order chi connectivity index (χ0) is 24.1. The van der Waals surface area contributed by atoms with E-state index in [1.807, 2.05) is 0 Å². The second kappa shape index (κ2) is 10.7. The summed E-state index contributed by atoms with van der Waals surface area (Å²) in [4.78, 5) is 37.5. The number of carboxylic acid groups (broad SMARTS) is 1. The predicted octanol–water partition coefficient (Wildman–Crippen LogP) is 0.932. The van der Waals surface area contributed by atoms with Gasteiger partial charge in [-0.15, -0.1) is 0 Å². The minimum absolute atomic E-state index is 0.0103. The molecule has 3 atom stereocenters. The van der Waals surface area contributed by atoms with Gasteiger partial charge < -0.3 is 32.3 Å². The molecule has 0 saturated carbocycles. The third-order valence-corrected chi connectivity index (χ3v) is 5.97. The van der Waals surface area contributed by atoms with Crippen LogP contribution in [0.15, 0.2) is 36.4 Å². The normalized spacial score (nSPS) is 21.4. The summed E-state index contributed by atoms with van der Waals surface area (Å²) in [5, 5.41) is 25.5. The zero-order valence-electron chi connectivity index (χ0n) is 17.9. The number of nitrogens with one attached hydrogen (secondary N) is 2. The van der Waals surface area contributed by atoms with Gasteiger partial charge in [-0.3, -0.25) is 9.59 Å². The van der Waals surface area contributed by atoms with Gasteiger partial charge in [-0.2, -0.15) is 0 Å². The molecule has 0 saturated heterocycles. The number of aromatic hydroxyl groups is 1. The highest BCUT2D eigenvalue weighted by atomic mass is 35.5. The standard InChI is InChI=1S/C23H27ClN4O5/c24-16-5-3-12-8-14(16)11-19(23(32)33)28-22(31)18(2-1-7-25)27-21(30)17(26)10-15-9-13(12)4-6-20(15)29/h3-6,8-9,17-19,29H,1-2,7,10-11,25-26H2,(H,27,30)(H,28,31)(H,32,33)/t17-,18-,19-/m0/s1. The smallest absolute Gasteiger partial charge is 0.326 e. The first-order valence-electron chi connectivity index (χ1n) is 10.6. The van der Waals surface area contributed by atoms with Gasteiger partial charge in [0.1, 0.15) is 17.8 Å². The van der Waals surface area contributed by atoms with Gasteiger partial charge >= 0.3 is 5.97 Å². The fraction of sp³-hybridized carbons (Fsp3) is 0.348. The fourth-order valence-corrected chi connectivity index (χ4v) is 3.93. The lowest BCUT2D eigenvalue weighted by atomic mass is 9.96. The molecule has 8 N–H and O–H groups in total. The van der Waals surface area contributed by atoms with Gasteiger partial charge in [0.2, 0.25) is 11.8 Å². The number of carbonyl (C=O) groups excluding carboxylic acids is 2. The molecule has 0 radical (unpaired) electrons. The Bertz CT molecular complexity index is 1060. The van der Waals surface area contributed by atoms with E-state index in [1.54, 1.807) is 30.3 Å². The van der Waals surface area contributed by atoms with Crippen molar-refractivity contribution in [3.8, 4) is 16.9 Å². The highest BCUT2D eigenvalue weighted by Gasteiger charge is 2.29. The molecule has 2 aromatic carbocycles. The maximum atomic E-state index is 12.9. The van der Waals surface area contributed by atoms with Crippen LogP contribution in [-0.4, -0.2) is 52.7 Å². The van der Waals surface area contributed by atoms with E-state index in [0.717, 1.165) is 11.1 Å². The Morgan fingerprint density at radius 3 is 2.36 bits per heavy atom. The van der Waals surface area contributed by atoms with E-state index < -0.39 is 35.9 Å². The van der Waals surface area contributed by atoms with Crippen molar-refractivity contribution in [3.05, 3.63) is 52.5 Å². The number of carbonyl (C=O) groups is 3. The van der Waals surface area contributed by atoms with E-state index in [-0.39, 0.29) is 31.6 Å². The number of benzene rings is 2. The summed E-state index contributed by atoms with van der Waals surface area (Å²) in [6.07, 6.45) is 0.622. The van der Waals surface area contributed by atoms with Crippen molar-refractivity contribution in [3.63, 3.8) is 0 Å². The van der Waals surface area contributed by atoms with Gasteiger partial charge in [0.15, 0.2) is 0 Å². The SMILES string of the molecule is NCCC[C@@H]1NC(=O)[C@@H](N)Cc2cc(ccc2O)-c2ccc(Cl)c(c2)C[C@@H](C(=O)O)NC1=O. The van der Waals surface area contributed by atoms with Crippen LogP contribution in [0.1, 0.15) is 24.0 Å². The van der Waals surface area contributed by atoms with E-state index >= 15 is 0 Å². The molecule has 176 valence electrons. The third-order valence-electron chi connectivity index (χ3n) is 5.60. The number of aliphatic carboxylic acids is 1. The number of phenolic OH excluding ortho intramolecular Hbond substituents is 1. The lowest BCUT2D eigenvalue weighted by Gasteiger charge is -2.23. The molecule has 0 aliphatic carbocycles. The number of hydrogen-bond donors (Lipinski definition) is 6. The van der Waals surface area contributed by atoms with Crippen LogP contribution in [0.2, 0.25) is 5.02 Å². The van der Waals surface area contributed by atoms with E-state index in [9.17, 15) is 24.6 Å². The molecule has 0 unspecified atom stereocenters. The Morgan fingerprint density at radius 1 is 1.03 bits per heavy atom. The van der Waals surface area contributed by atoms with Crippen molar-refractivity contribution in [1.29, 1.82) is 0 Å². The molecule has 0 fully saturated rings. The summed E-state index contributed by atoms with van der Waals surface area (Å²) < 4.78 is 0. The van der Waals surface area contributed by atoms with Crippen molar-refractivity contribution in [2.75, 3.05) is 6.54 Å². The molecule has 1 heterocycles. The number of fused-ring (bicyclic) bond motifs is 5. The maximum absolute atomic E-state index is 12.9. The number of hydrogen-bond acceptors (Lipinski definition) is 6. The van der Waals surface area contributed by atoms with Crippen molar-refractivity contribution < 1.29 is 24.6 Å². The first-order valence-corrected chi connectivity index (χ1v) is 11.0. The summed E-state index contributed by atoms with van der Waals surface area (Å²) in [6.45, 7) is 0.289. The first kappa shape index (κ1) is 24.5. The lowest BCUT2D eigenvalue weighted by molar-refractivity contribution is -0.142. The second-order valence-electron chi connectivity index (χ2n) is 8.06. The van der Waals surface area contributed by atoms with Gasteiger partial charge in [0.25, 0.3) is 0 Å². The Kier molecular flexibility index (Phi) is 7.91. The summed E-state index contributed by atoms with van der Waals surface area (Å²) in [7, 11) is 0. The van der Waals surface area contributed by atoms with Crippen LogP contribution in [0.25, 0.3) is 11.1 Å². The van der Waals surface area contributed by atoms with Crippen molar-refractivity contribution in [2.45, 2.75) is 43.8 Å². The zero-order valence-corrected chi connectivity index (χ0v) is 18.6. The highest BCUT2D eigenvalue weighted by Crippen LogP contribution is 2.30. The van der Waals surface area contributed by atoms with Gasteiger partial charge in [-0.05, 0) is 65.9 Å². The van der Waals surface area contributed by atoms with Crippen molar-refractivity contribution in [2.24, 2.45) is 11.5 Å². The Balaban J connectivity index is 2.08. The largest absolute Gasteiger partial charge is 0.508 e. The van der Waals surface area contributed by atoms with Crippen LogP contribution < -0.4 is 22.1 Å². The maximum Gasteiger partial charge on any atom is 0.326 e. The molecule has 4 bridgehead atoms. The van der Waals surface area contributed by atoms with E-state index in [4.69, 9.17) is 23.1 Å². The summed E-state index contributed by atoms with van der Waals surface area (Å²) >= 11 is 6.33. The van der Waals surface area contributed by atoms with Gasteiger partial charge in [-0.25, -0.2) is 4.79 Å². The molecule has 10 heteroatoms. The average molecular weight is 475 g/mol. The van der Waals surface area contributed by atoms with Crippen LogP contribution in [0.3, 0.4) is 0 Å². The average Bonchev–Trinajstić information content (AvgIpc) is 2.78. The van der Waals surface area contributed by atoms with E-state index in [1.165, 1.54) is 6.07 Å². The minimum Gasteiger partial charge on any atom is -0.508 e. The van der Waals surface area contributed by atoms with Gasteiger partial charge in [0.05, 0.1) is 6.04 Å². The monoisotopic (exact) mass is 474 g/mol. The number of nitrogens with two attached hydrogens (primary N) is 2. The quantitative estimate of drug-likeness (QED) is 0.383. The molecule has 2 amide bonds. The van der Waals surface area contributed by atoms with E-state index in [2.05, 4.69) is 10.6 Å². The van der Waals surface area contributed by atoms with Crippen LogP contribution in [0, 0.1) is 0 Å². The molecule has 1 aliphatic heterocycles. The molecule has 3 rings (SSSR count). The highest BCUT2D eigenvalue weighted by molar-refractivity contribution is 6.31. The first-order chi connectivity index (χ1) is 15.7. The predicted molar refractivity (Wildman–Crippen MR) is 124 cm³/mol. The number of halogens is 1. The fourth-order valence-electron chi connectivity index (χ4n) is 3.73. The molecule has 0 aromatic heterocycles. The van der Waals surface area contributed by atoms with Crippen LogP contribution >= 0.6 is 11.6 Å². The molecule has 33 heavy (non-hydrogen) atoms. The lowest BCUT2D eigenvalue weighted by Crippen LogP contribution is -2.55. The van der Waals surface area contributed by atoms with Crippen LogP contribution in [0.4, 0.5) is 0 Å². The number of carboxylic acids is 1. The van der Waals surface area contributed by atoms with Crippen LogP contribution in [0.5, 0.6) is 5.75 Å². The van der Waals surface area contributed by atoms with Gasteiger partial charge in [0, 0.05) is 17.9 Å². The second-order valence-corrected chi connectivity index (χ2v) is 8.46. The Labute approximate surface area is 196 Å². The summed E-state index contributed by atoms with van der Waals surface area (Å²) in [5.41, 5.74) is 14.1. The molecule has 1 aliphatic rings. The summed E-state index contributed by atoms with van der Waals surface area (Å²) in [6, 6.07) is 6.78.